The van der Waals surface area contributed by atoms with Crippen LogP contribution in [0.5, 0.6) is 0 Å². The zero-order valence-corrected chi connectivity index (χ0v) is 13.2. The minimum atomic E-state index is -0.431. The van der Waals surface area contributed by atoms with E-state index in [1.54, 1.807) is 24.3 Å². The molecule has 5 heteroatoms. The van der Waals surface area contributed by atoms with Crippen molar-refractivity contribution in [1.82, 2.24) is 5.32 Å². The topological polar surface area (TPSA) is 70.2 Å². The summed E-state index contributed by atoms with van der Waals surface area (Å²) in [6.45, 7) is 9.11. The summed E-state index contributed by atoms with van der Waals surface area (Å²) in [7, 11) is 0. The summed E-state index contributed by atoms with van der Waals surface area (Å²) in [6, 6.07) is 7.12. The van der Waals surface area contributed by atoms with Gasteiger partial charge >= 0.3 is 0 Å². The summed E-state index contributed by atoms with van der Waals surface area (Å²) < 4.78 is 0. The van der Waals surface area contributed by atoms with Gasteiger partial charge in [-0.3, -0.25) is 9.59 Å². The van der Waals surface area contributed by atoms with Crippen LogP contribution in [0.3, 0.4) is 0 Å². The van der Waals surface area contributed by atoms with Gasteiger partial charge in [0.05, 0.1) is 0 Å². The van der Waals surface area contributed by atoms with Gasteiger partial charge < -0.3 is 16.0 Å². The molecule has 0 heterocycles. The summed E-state index contributed by atoms with van der Waals surface area (Å²) in [5, 5.41) is 8.76. The van der Waals surface area contributed by atoms with Crippen LogP contribution >= 0.6 is 0 Å². The van der Waals surface area contributed by atoms with Gasteiger partial charge in [0.1, 0.15) is 0 Å². The molecule has 1 rings (SSSR count). The van der Waals surface area contributed by atoms with Gasteiger partial charge in [0, 0.05) is 29.8 Å². The SMILES string of the molecule is CCNCCC(=O)Nc1ccc(NC(=O)C(C)(C)C)cc1. The van der Waals surface area contributed by atoms with E-state index in [2.05, 4.69) is 16.0 Å². The van der Waals surface area contributed by atoms with E-state index in [0.29, 0.717) is 13.0 Å². The van der Waals surface area contributed by atoms with E-state index >= 15 is 0 Å². The minimum Gasteiger partial charge on any atom is -0.326 e. The van der Waals surface area contributed by atoms with Crippen molar-refractivity contribution in [2.24, 2.45) is 5.41 Å². The molecule has 0 saturated carbocycles. The van der Waals surface area contributed by atoms with Crippen LogP contribution in [0.1, 0.15) is 34.1 Å². The zero-order valence-electron chi connectivity index (χ0n) is 13.2. The van der Waals surface area contributed by atoms with Crippen molar-refractivity contribution in [3.63, 3.8) is 0 Å². The summed E-state index contributed by atoms with van der Waals surface area (Å²) in [5.74, 6) is -0.0626. The van der Waals surface area contributed by atoms with Gasteiger partial charge in [0.15, 0.2) is 0 Å². The molecule has 0 fully saturated rings. The molecule has 0 unspecified atom stereocenters. The average molecular weight is 291 g/mol. The van der Waals surface area contributed by atoms with Gasteiger partial charge in [0.25, 0.3) is 0 Å². The Hall–Kier alpha value is -1.88. The van der Waals surface area contributed by atoms with Crippen LogP contribution in [-0.2, 0) is 9.59 Å². The van der Waals surface area contributed by atoms with Crippen LogP contribution in [0, 0.1) is 5.41 Å². The number of carbonyl (C=O) groups excluding carboxylic acids is 2. The molecule has 0 aliphatic heterocycles. The van der Waals surface area contributed by atoms with E-state index in [4.69, 9.17) is 0 Å². The van der Waals surface area contributed by atoms with Crippen molar-refractivity contribution in [3.8, 4) is 0 Å². The van der Waals surface area contributed by atoms with E-state index in [-0.39, 0.29) is 11.8 Å². The summed E-state index contributed by atoms with van der Waals surface area (Å²) in [5.41, 5.74) is 1.02. The maximum absolute atomic E-state index is 11.9. The Morgan fingerprint density at radius 1 is 1.00 bits per heavy atom. The lowest BCUT2D eigenvalue weighted by molar-refractivity contribution is -0.123. The molecule has 2 amide bonds. The van der Waals surface area contributed by atoms with Gasteiger partial charge in [-0.05, 0) is 30.8 Å². The number of nitrogens with one attached hydrogen (secondary N) is 3. The first-order valence-corrected chi connectivity index (χ1v) is 7.25. The predicted octanol–water partition coefficient (Wildman–Crippen LogP) is 2.61. The normalized spacial score (nSPS) is 11.0. The molecule has 116 valence electrons. The molecular formula is C16H25N3O2. The van der Waals surface area contributed by atoms with Gasteiger partial charge in [-0.2, -0.15) is 0 Å². The molecular weight excluding hydrogens is 266 g/mol. The molecule has 0 bridgehead atoms. The van der Waals surface area contributed by atoms with E-state index in [1.807, 2.05) is 27.7 Å². The lowest BCUT2D eigenvalue weighted by Gasteiger charge is -2.17. The maximum atomic E-state index is 11.9. The standard InChI is InChI=1S/C16H25N3O2/c1-5-17-11-10-14(20)18-12-6-8-13(9-7-12)19-15(21)16(2,3)4/h6-9,17H,5,10-11H2,1-4H3,(H,18,20)(H,19,21). The average Bonchev–Trinajstić information content (AvgIpc) is 2.40. The van der Waals surface area contributed by atoms with Crippen LogP contribution in [0.15, 0.2) is 24.3 Å². The highest BCUT2D eigenvalue weighted by molar-refractivity contribution is 5.95. The number of rotatable bonds is 6. The number of benzene rings is 1. The van der Waals surface area contributed by atoms with E-state index in [1.165, 1.54) is 0 Å². The highest BCUT2D eigenvalue weighted by atomic mass is 16.2. The van der Waals surface area contributed by atoms with Crippen molar-refractivity contribution in [2.45, 2.75) is 34.1 Å². The van der Waals surface area contributed by atoms with E-state index < -0.39 is 5.41 Å². The summed E-state index contributed by atoms with van der Waals surface area (Å²) in [4.78, 5) is 23.5. The lowest BCUT2D eigenvalue weighted by Crippen LogP contribution is -2.27. The summed E-state index contributed by atoms with van der Waals surface area (Å²) in [6.07, 6.45) is 0.441. The van der Waals surface area contributed by atoms with Crippen LogP contribution in [0.4, 0.5) is 11.4 Å². The Kier molecular flexibility index (Phi) is 6.37. The van der Waals surface area contributed by atoms with Gasteiger partial charge in [-0.25, -0.2) is 0 Å². The molecule has 0 radical (unpaired) electrons. The third-order valence-corrected chi connectivity index (χ3v) is 2.89. The zero-order chi connectivity index (χ0) is 15.9. The monoisotopic (exact) mass is 291 g/mol. The van der Waals surface area contributed by atoms with Gasteiger partial charge in [-0.15, -0.1) is 0 Å². The number of anilines is 2. The van der Waals surface area contributed by atoms with Crippen molar-refractivity contribution >= 4 is 23.2 Å². The fourth-order valence-electron chi connectivity index (χ4n) is 1.56. The second-order valence-corrected chi connectivity index (χ2v) is 5.93. The molecule has 0 saturated heterocycles. The number of carbonyl (C=O) groups is 2. The summed E-state index contributed by atoms with van der Waals surface area (Å²) >= 11 is 0. The van der Waals surface area contributed by atoms with Crippen LogP contribution in [0.25, 0.3) is 0 Å². The number of amides is 2. The lowest BCUT2D eigenvalue weighted by atomic mass is 9.95. The maximum Gasteiger partial charge on any atom is 0.229 e. The second kappa shape index (κ2) is 7.78. The second-order valence-electron chi connectivity index (χ2n) is 5.93. The Balaban J connectivity index is 2.50. The molecule has 0 spiro atoms. The fraction of sp³-hybridized carbons (Fsp3) is 0.500. The minimum absolute atomic E-state index is 0.0255. The smallest absolute Gasteiger partial charge is 0.229 e. The van der Waals surface area contributed by atoms with Crippen LogP contribution in [-0.4, -0.2) is 24.9 Å². The van der Waals surface area contributed by atoms with Gasteiger partial charge in [-0.1, -0.05) is 27.7 Å². The Labute approximate surface area is 126 Å². The molecule has 1 aromatic rings. The first-order valence-electron chi connectivity index (χ1n) is 7.25. The molecule has 0 aliphatic rings. The molecule has 1 aromatic carbocycles. The van der Waals surface area contributed by atoms with Crippen molar-refractivity contribution in [1.29, 1.82) is 0 Å². The largest absolute Gasteiger partial charge is 0.326 e. The molecule has 0 atom stereocenters. The van der Waals surface area contributed by atoms with Gasteiger partial charge in [0.2, 0.25) is 11.8 Å². The molecule has 3 N–H and O–H groups in total. The quantitative estimate of drug-likeness (QED) is 0.706. The Morgan fingerprint density at radius 2 is 1.52 bits per heavy atom. The number of hydrogen-bond donors (Lipinski definition) is 3. The first kappa shape index (κ1) is 17.2. The molecule has 21 heavy (non-hydrogen) atoms. The van der Waals surface area contributed by atoms with Crippen LogP contribution < -0.4 is 16.0 Å². The van der Waals surface area contributed by atoms with Crippen LogP contribution in [0.2, 0.25) is 0 Å². The van der Waals surface area contributed by atoms with Crippen molar-refractivity contribution in [2.75, 3.05) is 23.7 Å². The molecule has 5 nitrogen and oxygen atoms in total. The Bertz CT molecular complexity index is 475. The fourth-order valence-corrected chi connectivity index (χ4v) is 1.56. The number of hydrogen-bond acceptors (Lipinski definition) is 3. The van der Waals surface area contributed by atoms with E-state index in [0.717, 1.165) is 17.9 Å². The predicted molar refractivity (Wildman–Crippen MR) is 86.3 cm³/mol. The molecule has 0 aromatic heterocycles. The first-order chi connectivity index (χ1) is 9.82. The van der Waals surface area contributed by atoms with Crippen molar-refractivity contribution in [3.05, 3.63) is 24.3 Å². The van der Waals surface area contributed by atoms with E-state index in [9.17, 15) is 9.59 Å². The Morgan fingerprint density at radius 3 is 2.00 bits per heavy atom. The third-order valence-electron chi connectivity index (χ3n) is 2.89. The third kappa shape index (κ3) is 6.40. The highest BCUT2D eigenvalue weighted by Crippen LogP contribution is 2.19. The highest BCUT2D eigenvalue weighted by Gasteiger charge is 2.20. The van der Waals surface area contributed by atoms with Crippen molar-refractivity contribution < 1.29 is 9.59 Å². The molecule has 0 aliphatic carbocycles.